The van der Waals surface area contributed by atoms with E-state index < -0.39 is 7.14 Å². The van der Waals surface area contributed by atoms with Gasteiger partial charge in [-0.2, -0.15) is 10.1 Å². The standard InChI is InChI=1S/C32H43BrN9O2P/c1-20(2)22-9-12-41(18-22)23-10-13-40(14-11-23)27-16-28(44-4)26(15-21(27)3)38-32-34-17-24(33)30(39-32)37-25-7-8-29-35-19-36-42(29)31(25)45(5,6)43/h7-8,15-17,19-20,22-23H,9-14,18H2,1-6H3,(H2,34,37,38,39). The lowest BCUT2D eigenvalue weighted by molar-refractivity contribution is 0.194. The number of anilines is 5. The van der Waals surface area contributed by atoms with Crippen LogP contribution in [-0.4, -0.2) is 82.1 Å². The fraction of sp³-hybridized carbons (Fsp3) is 0.500. The topological polar surface area (TPSA) is 113 Å². The molecule has 4 aromatic rings. The van der Waals surface area contributed by atoms with Gasteiger partial charge in [-0.1, -0.05) is 13.8 Å². The van der Waals surface area contributed by atoms with Gasteiger partial charge in [-0.3, -0.25) is 4.90 Å². The van der Waals surface area contributed by atoms with Gasteiger partial charge in [0.1, 0.15) is 30.5 Å². The first-order valence-corrected chi connectivity index (χ1v) is 19.0. The number of ether oxygens (including phenoxy) is 1. The van der Waals surface area contributed by atoms with Crippen LogP contribution >= 0.6 is 23.1 Å². The van der Waals surface area contributed by atoms with Crippen LogP contribution in [0.3, 0.4) is 0 Å². The van der Waals surface area contributed by atoms with Crippen molar-refractivity contribution >= 4 is 63.0 Å². The first-order chi connectivity index (χ1) is 21.5. The SMILES string of the molecule is COc1cc(N2CCC(N3CCC(C(C)C)C3)CC2)c(C)cc1Nc1ncc(Br)c(Nc2ccc3ncnn3c2P(C)(C)=O)n1. The second kappa shape index (κ2) is 12.9. The Balaban J connectivity index is 1.19. The summed E-state index contributed by atoms with van der Waals surface area (Å²) in [4.78, 5) is 18.7. The summed E-state index contributed by atoms with van der Waals surface area (Å²) in [5, 5.41) is 11.0. The maximum atomic E-state index is 13.3. The van der Waals surface area contributed by atoms with Crippen LogP contribution in [0.15, 0.2) is 41.3 Å². The zero-order valence-electron chi connectivity index (χ0n) is 26.9. The molecule has 2 aliphatic heterocycles. The Morgan fingerprint density at radius 2 is 1.82 bits per heavy atom. The Kier molecular flexibility index (Phi) is 9.10. The van der Waals surface area contributed by atoms with E-state index in [2.05, 4.69) is 84.3 Å². The van der Waals surface area contributed by atoms with Crippen LogP contribution in [-0.2, 0) is 4.57 Å². The molecule has 2 aliphatic rings. The molecule has 0 aliphatic carbocycles. The van der Waals surface area contributed by atoms with E-state index in [0.29, 0.717) is 39.1 Å². The summed E-state index contributed by atoms with van der Waals surface area (Å²) in [6.45, 7) is 14.9. The molecule has 0 radical (unpaired) electrons. The summed E-state index contributed by atoms with van der Waals surface area (Å²) in [5.41, 5.74) is 4.99. The van der Waals surface area contributed by atoms with Gasteiger partial charge in [0.15, 0.2) is 5.65 Å². The van der Waals surface area contributed by atoms with Crippen molar-refractivity contribution in [2.45, 2.75) is 46.1 Å². The summed E-state index contributed by atoms with van der Waals surface area (Å²) in [6.07, 6.45) is 6.85. The summed E-state index contributed by atoms with van der Waals surface area (Å²) >= 11 is 3.57. The molecule has 0 amide bonds. The van der Waals surface area contributed by atoms with Gasteiger partial charge in [-0.25, -0.2) is 14.5 Å². The summed E-state index contributed by atoms with van der Waals surface area (Å²) in [5.74, 6) is 3.26. The Morgan fingerprint density at radius 3 is 2.51 bits per heavy atom. The van der Waals surface area contributed by atoms with Gasteiger partial charge in [-0.15, -0.1) is 0 Å². The molecule has 2 N–H and O–H groups in total. The second-order valence-corrected chi connectivity index (χ2v) is 16.9. The lowest BCUT2D eigenvalue weighted by Crippen LogP contribution is -2.44. The second-order valence-electron chi connectivity index (χ2n) is 12.9. The number of hydrogen-bond donors (Lipinski definition) is 2. The number of rotatable bonds is 9. The number of hydrogen-bond acceptors (Lipinski definition) is 10. The Bertz CT molecular complexity index is 1730. The van der Waals surface area contributed by atoms with Crippen LogP contribution in [0.2, 0.25) is 0 Å². The average molecular weight is 697 g/mol. The molecule has 0 spiro atoms. The van der Waals surface area contributed by atoms with Crippen molar-refractivity contribution in [2.24, 2.45) is 11.8 Å². The number of benzene rings is 1. The number of aryl methyl sites for hydroxylation is 1. The number of aromatic nitrogens is 5. The quantitative estimate of drug-likeness (QED) is 0.194. The van der Waals surface area contributed by atoms with E-state index in [1.54, 1.807) is 31.2 Å². The normalized spacial score (nSPS) is 18.2. The van der Waals surface area contributed by atoms with Crippen LogP contribution in [0.1, 0.15) is 38.7 Å². The Morgan fingerprint density at radius 1 is 1.04 bits per heavy atom. The van der Waals surface area contributed by atoms with Crippen LogP contribution in [0.4, 0.5) is 28.8 Å². The molecule has 3 aromatic heterocycles. The number of likely N-dealkylation sites (tertiary alicyclic amines) is 1. The monoisotopic (exact) mass is 695 g/mol. The number of fused-ring (bicyclic) bond motifs is 1. The fourth-order valence-electron chi connectivity index (χ4n) is 6.70. The van der Waals surface area contributed by atoms with Crippen LogP contribution < -0.4 is 25.7 Å². The summed E-state index contributed by atoms with van der Waals surface area (Å²) in [6, 6.07) is 8.59. The zero-order valence-corrected chi connectivity index (χ0v) is 29.4. The molecular weight excluding hydrogens is 653 g/mol. The van der Waals surface area contributed by atoms with E-state index in [4.69, 9.17) is 9.72 Å². The first kappa shape index (κ1) is 31.8. The third-order valence-electron chi connectivity index (χ3n) is 9.21. The highest BCUT2D eigenvalue weighted by atomic mass is 79.9. The van der Waals surface area contributed by atoms with Crippen molar-refractivity contribution in [3.05, 3.63) is 46.8 Å². The van der Waals surface area contributed by atoms with Crippen LogP contribution in [0.5, 0.6) is 5.75 Å². The number of nitrogens with one attached hydrogen (secondary N) is 2. The lowest BCUT2D eigenvalue weighted by atomic mass is 9.95. The minimum Gasteiger partial charge on any atom is -0.494 e. The molecule has 2 fully saturated rings. The average Bonchev–Trinajstić information content (AvgIpc) is 3.69. The number of halogens is 1. The van der Waals surface area contributed by atoms with Gasteiger partial charge in [0.05, 0.1) is 23.0 Å². The van der Waals surface area contributed by atoms with Gasteiger partial charge in [0, 0.05) is 43.6 Å². The van der Waals surface area contributed by atoms with E-state index in [1.807, 2.05) is 12.1 Å². The summed E-state index contributed by atoms with van der Waals surface area (Å²) < 4.78 is 21.4. The highest BCUT2D eigenvalue weighted by molar-refractivity contribution is 9.10. The van der Waals surface area contributed by atoms with Crippen molar-refractivity contribution < 1.29 is 9.30 Å². The van der Waals surface area contributed by atoms with E-state index in [-0.39, 0.29) is 0 Å². The minimum absolute atomic E-state index is 0.400. The third kappa shape index (κ3) is 6.69. The van der Waals surface area contributed by atoms with E-state index in [9.17, 15) is 4.57 Å². The van der Waals surface area contributed by atoms with E-state index >= 15 is 0 Å². The van der Waals surface area contributed by atoms with E-state index in [0.717, 1.165) is 36.4 Å². The van der Waals surface area contributed by atoms with Gasteiger partial charge >= 0.3 is 0 Å². The molecule has 13 heteroatoms. The van der Waals surface area contributed by atoms with Crippen molar-refractivity contribution in [3.8, 4) is 5.75 Å². The molecule has 5 heterocycles. The molecule has 2 saturated heterocycles. The Labute approximate surface area is 273 Å². The first-order valence-electron chi connectivity index (χ1n) is 15.6. The number of piperidine rings is 1. The molecular formula is C32H43BrN9O2P. The number of methoxy groups -OCH3 is 1. The van der Waals surface area contributed by atoms with Crippen molar-refractivity contribution in [2.75, 3.05) is 62.2 Å². The molecule has 0 bridgehead atoms. The van der Waals surface area contributed by atoms with Crippen LogP contribution in [0.25, 0.3) is 5.65 Å². The molecule has 11 nitrogen and oxygen atoms in total. The highest BCUT2D eigenvalue weighted by Gasteiger charge is 2.32. The molecule has 6 rings (SSSR count). The molecule has 1 atom stereocenters. The largest absolute Gasteiger partial charge is 0.494 e. The van der Waals surface area contributed by atoms with Gasteiger partial charge in [-0.05, 0) is 97.6 Å². The van der Waals surface area contributed by atoms with Gasteiger partial charge < -0.3 is 24.8 Å². The van der Waals surface area contributed by atoms with Crippen LogP contribution in [0, 0.1) is 18.8 Å². The lowest BCUT2D eigenvalue weighted by Gasteiger charge is -2.38. The zero-order chi connectivity index (χ0) is 31.9. The van der Waals surface area contributed by atoms with Crippen molar-refractivity contribution in [1.29, 1.82) is 0 Å². The third-order valence-corrected chi connectivity index (χ3v) is 11.2. The maximum absolute atomic E-state index is 13.3. The molecule has 1 unspecified atom stereocenters. The molecule has 1 aromatic carbocycles. The molecule has 240 valence electrons. The van der Waals surface area contributed by atoms with Crippen molar-refractivity contribution in [1.82, 2.24) is 29.5 Å². The van der Waals surface area contributed by atoms with Gasteiger partial charge in [0.25, 0.3) is 0 Å². The number of pyridine rings is 1. The highest BCUT2D eigenvalue weighted by Crippen LogP contribution is 2.40. The smallest absolute Gasteiger partial charge is 0.229 e. The number of nitrogens with zero attached hydrogens (tertiary/aromatic N) is 7. The predicted octanol–water partition coefficient (Wildman–Crippen LogP) is 6.28. The molecule has 0 saturated carbocycles. The van der Waals surface area contributed by atoms with Gasteiger partial charge in [0.2, 0.25) is 5.95 Å². The fourth-order valence-corrected chi connectivity index (χ4v) is 8.31. The molecule has 45 heavy (non-hydrogen) atoms. The maximum Gasteiger partial charge on any atom is 0.229 e. The summed E-state index contributed by atoms with van der Waals surface area (Å²) in [7, 11) is -1.04. The predicted molar refractivity (Wildman–Crippen MR) is 186 cm³/mol. The Hall–Kier alpha value is -3.21. The van der Waals surface area contributed by atoms with E-state index in [1.165, 1.54) is 49.9 Å². The minimum atomic E-state index is -2.73. The van der Waals surface area contributed by atoms with Crippen molar-refractivity contribution in [3.63, 3.8) is 0 Å².